The van der Waals surface area contributed by atoms with Crippen LogP contribution in [0.25, 0.3) is 0 Å². The highest BCUT2D eigenvalue weighted by molar-refractivity contribution is 5.89. The number of rotatable bonds is 4. The first kappa shape index (κ1) is 17.2. The molecule has 0 spiro atoms. The fraction of sp³-hybridized carbons (Fsp3) is 0.389. The lowest BCUT2D eigenvalue weighted by Gasteiger charge is -2.32. The van der Waals surface area contributed by atoms with E-state index < -0.39 is 0 Å². The van der Waals surface area contributed by atoms with E-state index in [0.717, 1.165) is 12.8 Å². The average Bonchev–Trinajstić information content (AvgIpc) is 3.16. The van der Waals surface area contributed by atoms with E-state index in [9.17, 15) is 4.79 Å². The second kappa shape index (κ2) is 7.56. The highest BCUT2D eigenvalue weighted by Crippen LogP contribution is 2.34. The molecule has 27 heavy (non-hydrogen) atoms. The van der Waals surface area contributed by atoms with Gasteiger partial charge in [0.05, 0.1) is 26.0 Å². The zero-order chi connectivity index (χ0) is 18.6. The predicted molar refractivity (Wildman–Crippen MR) is 95.4 cm³/mol. The van der Waals surface area contributed by atoms with Crippen LogP contribution in [0.3, 0.4) is 0 Å². The lowest BCUT2D eigenvalue weighted by atomic mass is 10.1. The number of carbonyl (C=O) groups is 1. The molecule has 4 rings (SSSR count). The largest absolute Gasteiger partial charge is 0.480 e. The summed E-state index contributed by atoms with van der Waals surface area (Å²) in [6, 6.07) is 5.14. The van der Waals surface area contributed by atoms with Gasteiger partial charge in [0.1, 0.15) is 6.10 Å². The van der Waals surface area contributed by atoms with Crippen LogP contribution >= 0.6 is 0 Å². The molecule has 1 fully saturated rings. The molecule has 1 atom stereocenters. The zero-order valence-electron chi connectivity index (χ0n) is 14.9. The number of aromatic nitrogens is 2. The predicted octanol–water partition coefficient (Wildman–Crippen LogP) is 2.29. The molecule has 0 radical (unpaired) electrons. The van der Waals surface area contributed by atoms with Crippen LogP contribution < -0.4 is 24.3 Å². The molecule has 2 aliphatic rings. The third-order valence-electron chi connectivity index (χ3n) is 4.38. The Balaban J connectivity index is 1.36. The van der Waals surface area contributed by atoms with Crippen LogP contribution in [0.15, 0.2) is 30.6 Å². The summed E-state index contributed by atoms with van der Waals surface area (Å²) < 4.78 is 21.5. The number of benzene rings is 1. The van der Waals surface area contributed by atoms with E-state index in [-0.39, 0.29) is 18.9 Å². The van der Waals surface area contributed by atoms with Crippen molar-refractivity contribution in [2.24, 2.45) is 0 Å². The summed E-state index contributed by atoms with van der Waals surface area (Å²) in [4.78, 5) is 22.6. The molecule has 1 N–H and O–H groups in total. The Morgan fingerprint density at radius 2 is 2.11 bits per heavy atom. The van der Waals surface area contributed by atoms with Crippen molar-refractivity contribution in [1.29, 1.82) is 0 Å². The van der Waals surface area contributed by atoms with Gasteiger partial charge in [0.15, 0.2) is 11.5 Å². The van der Waals surface area contributed by atoms with Gasteiger partial charge < -0.3 is 29.2 Å². The van der Waals surface area contributed by atoms with Crippen molar-refractivity contribution in [1.82, 2.24) is 14.9 Å². The van der Waals surface area contributed by atoms with Crippen molar-refractivity contribution in [2.75, 3.05) is 32.3 Å². The van der Waals surface area contributed by atoms with Crippen LogP contribution in [-0.4, -0.2) is 54.0 Å². The SMILES string of the molecule is COc1cncc(OC2CCCN(C(=O)Nc3ccc4c(c3)OCO4)C2)n1. The lowest BCUT2D eigenvalue weighted by molar-refractivity contribution is 0.101. The van der Waals surface area contributed by atoms with Crippen molar-refractivity contribution in [3.63, 3.8) is 0 Å². The number of hydrogen-bond acceptors (Lipinski definition) is 7. The molecule has 1 aromatic heterocycles. The monoisotopic (exact) mass is 372 g/mol. The Kier molecular flexibility index (Phi) is 4.82. The highest BCUT2D eigenvalue weighted by atomic mass is 16.7. The number of fused-ring (bicyclic) bond motifs is 1. The van der Waals surface area contributed by atoms with E-state index in [1.807, 2.05) is 0 Å². The van der Waals surface area contributed by atoms with Crippen LogP contribution in [0.1, 0.15) is 12.8 Å². The fourth-order valence-electron chi connectivity index (χ4n) is 3.05. The van der Waals surface area contributed by atoms with E-state index in [1.165, 1.54) is 19.5 Å². The van der Waals surface area contributed by atoms with Crippen LogP contribution in [0, 0.1) is 0 Å². The third kappa shape index (κ3) is 3.97. The van der Waals surface area contributed by atoms with E-state index in [1.54, 1.807) is 23.1 Å². The van der Waals surface area contributed by atoms with Gasteiger partial charge in [0, 0.05) is 18.3 Å². The molecule has 1 aromatic carbocycles. The number of anilines is 1. The molecule has 3 heterocycles. The number of ether oxygens (including phenoxy) is 4. The summed E-state index contributed by atoms with van der Waals surface area (Å²) in [5, 5.41) is 2.89. The fourth-order valence-corrected chi connectivity index (χ4v) is 3.05. The van der Waals surface area contributed by atoms with Crippen LogP contribution in [-0.2, 0) is 0 Å². The van der Waals surface area contributed by atoms with Gasteiger partial charge in [0.2, 0.25) is 18.6 Å². The Hall–Kier alpha value is -3.23. The summed E-state index contributed by atoms with van der Waals surface area (Å²) in [6.07, 6.45) is 4.58. The van der Waals surface area contributed by atoms with Gasteiger partial charge in [-0.1, -0.05) is 0 Å². The molecule has 1 unspecified atom stereocenters. The number of amides is 2. The summed E-state index contributed by atoms with van der Waals surface area (Å²) in [5.74, 6) is 2.08. The van der Waals surface area contributed by atoms with Gasteiger partial charge in [-0.05, 0) is 25.0 Å². The number of nitrogens with one attached hydrogen (secondary N) is 1. The maximum absolute atomic E-state index is 12.6. The number of methoxy groups -OCH3 is 1. The van der Waals surface area contributed by atoms with Crippen molar-refractivity contribution in [3.05, 3.63) is 30.6 Å². The zero-order valence-corrected chi connectivity index (χ0v) is 14.9. The van der Waals surface area contributed by atoms with E-state index in [4.69, 9.17) is 18.9 Å². The first-order valence-electron chi connectivity index (χ1n) is 8.69. The molecule has 2 aliphatic heterocycles. The van der Waals surface area contributed by atoms with Gasteiger partial charge >= 0.3 is 6.03 Å². The molecular weight excluding hydrogens is 352 g/mol. The normalized spacial score (nSPS) is 18.1. The van der Waals surface area contributed by atoms with Crippen molar-refractivity contribution in [3.8, 4) is 23.3 Å². The minimum atomic E-state index is -0.182. The summed E-state index contributed by atoms with van der Waals surface area (Å²) >= 11 is 0. The molecule has 9 nitrogen and oxygen atoms in total. The molecule has 0 bridgehead atoms. The lowest BCUT2D eigenvalue weighted by Crippen LogP contribution is -2.46. The summed E-state index contributed by atoms with van der Waals surface area (Å²) in [7, 11) is 1.52. The first-order chi connectivity index (χ1) is 13.2. The number of hydrogen-bond donors (Lipinski definition) is 1. The van der Waals surface area contributed by atoms with Gasteiger partial charge in [-0.2, -0.15) is 4.98 Å². The smallest absolute Gasteiger partial charge is 0.321 e. The maximum atomic E-state index is 12.6. The number of carbonyl (C=O) groups excluding carboxylic acids is 1. The van der Waals surface area contributed by atoms with E-state index >= 15 is 0 Å². The standard InChI is InChI=1S/C18H20N4O5/c1-24-16-8-19-9-17(21-16)27-13-3-2-6-22(10-13)18(23)20-12-4-5-14-15(7-12)26-11-25-14/h4-5,7-9,13H,2-3,6,10-11H2,1H3,(H,20,23). The van der Waals surface area contributed by atoms with E-state index in [2.05, 4.69) is 15.3 Å². The molecule has 9 heteroatoms. The quantitative estimate of drug-likeness (QED) is 0.880. The second-order valence-corrected chi connectivity index (χ2v) is 6.23. The Morgan fingerprint density at radius 3 is 3.00 bits per heavy atom. The Morgan fingerprint density at radius 1 is 1.26 bits per heavy atom. The molecular formula is C18H20N4O5. The van der Waals surface area contributed by atoms with Gasteiger partial charge in [0.25, 0.3) is 0 Å². The summed E-state index contributed by atoms with van der Waals surface area (Å²) in [6.45, 7) is 1.33. The van der Waals surface area contributed by atoms with E-state index in [0.29, 0.717) is 42.0 Å². The van der Waals surface area contributed by atoms with Crippen molar-refractivity contribution < 1.29 is 23.7 Å². The minimum Gasteiger partial charge on any atom is -0.480 e. The second-order valence-electron chi connectivity index (χ2n) is 6.23. The Bertz CT molecular complexity index is 831. The highest BCUT2D eigenvalue weighted by Gasteiger charge is 2.26. The average molecular weight is 372 g/mol. The van der Waals surface area contributed by atoms with Crippen LogP contribution in [0.4, 0.5) is 10.5 Å². The molecule has 2 amide bonds. The molecule has 1 saturated heterocycles. The number of nitrogens with zero attached hydrogens (tertiary/aromatic N) is 3. The Labute approximate surface area is 156 Å². The number of likely N-dealkylation sites (tertiary alicyclic amines) is 1. The topological polar surface area (TPSA) is 95.0 Å². The molecule has 0 aliphatic carbocycles. The third-order valence-corrected chi connectivity index (χ3v) is 4.38. The number of urea groups is 1. The maximum Gasteiger partial charge on any atom is 0.321 e. The van der Waals surface area contributed by atoms with Gasteiger partial charge in [-0.15, -0.1) is 0 Å². The van der Waals surface area contributed by atoms with Crippen LogP contribution in [0.5, 0.6) is 23.3 Å². The number of piperidine rings is 1. The summed E-state index contributed by atoms with van der Waals surface area (Å²) in [5.41, 5.74) is 0.658. The minimum absolute atomic E-state index is 0.150. The van der Waals surface area contributed by atoms with Gasteiger partial charge in [-0.25, -0.2) is 4.79 Å². The van der Waals surface area contributed by atoms with Crippen molar-refractivity contribution in [2.45, 2.75) is 18.9 Å². The van der Waals surface area contributed by atoms with Crippen LogP contribution in [0.2, 0.25) is 0 Å². The molecule has 0 saturated carbocycles. The first-order valence-corrected chi connectivity index (χ1v) is 8.69. The molecule has 2 aromatic rings. The van der Waals surface area contributed by atoms with Gasteiger partial charge in [-0.3, -0.25) is 4.98 Å². The van der Waals surface area contributed by atoms with Crippen molar-refractivity contribution >= 4 is 11.7 Å². The molecule has 142 valence electrons.